The molecule has 7 nitrogen and oxygen atoms in total. The van der Waals surface area contributed by atoms with Gasteiger partial charge in [0.15, 0.2) is 0 Å². The summed E-state index contributed by atoms with van der Waals surface area (Å²) in [5.74, 6) is 1.49. The minimum atomic E-state index is 0.600. The fourth-order valence-corrected chi connectivity index (χ4v) is 3.95. The molecule has 1 aromatic carbocycles. The number of aromatic nitrogens is 5. The topological polar surface area (TPSA) is 71.9 Å². The van der Waals surface area contributed by atoms with Gasteiger partial charge < -0.3 is 4.74 Å². The number of H-pyrrole nitrogens is 1. The van der Waals surface area contributed by atoms with Gasteiger partial charge >= 0.3 is 0 Å². The van der Waals surface area contributed by atoms with Crippen molar-refractivity contribution >= 4 is 0 Å². The molecule has 3 heterocycles. The second kappa shape index (κ2) is 7.92. The van der Waals surface area contributed by atoms with Gasteiger partial charge in [-0.05, 0) is 56.1 Å². The van der Waals surface area contributed by atoms with E-state index in [4.69, 9.17) is 4.74 Å². The van der Waals surface area contributed by atoms with E-state index in [-0.39, 0.29) is 0 Å². The van der Waals surface area contributed by atoms with Crippen LogP contribution >= 0.6 is 0 Å². The van der Waals surface area contributed by atoms with Crippen molar-refractivity contribution in [1.82, 2.24) is 29.9 Å². The van der Waals surface area contributed by atoms with Gasteiger partial charge in [0.2, 0.25) is 0 Å². The first kappa shape index (κ1) is 17.7. The Morgan fingerprint density at radius 2 is 2.07 bits per heavy atom. The van der Waals surface area contributed by atoms with E-state index in [0.717, 1.165) is 30.9 Å². The van der Waals surface area contributed by atoms with Gasteiger partial charge in [0, 0.05) is 23.7 Å². The van der Waals surface area contributed by atoms with Crippen LogP contribution < -0.4 is 4.74 Å². The average Bonchev–Trinajstić information content (AvgIpc) is 3.34. The molecule has 0 amide bonds. The first-order valence-electron chi connectivity index (χ1n) is 9.43. The number of piperidine rings is 1. The summed E-state index contributed by atoms with van der Waals surface area (Å²) < 4.78 is 7.34. The smallest absolute Gasteiger partial charge is 0.137 e. The highest BCUT2D eigenvalue weighted by Crippen LogP contribution is 2.29. The molecule has 0 bridgehead atoms. The lowest BCUT2D eigenvalue weighted by Crippen LogP contribution is -2.32. The fraction of sp³-hybridized carbons (Fsp3) is 0.450. The summed E-state index contributed by atoms with van der Waals surface area (Å²) in [5.41, 5.74) is 5.03. The van der Waals surface area contributed by atoms with Crippen LogP contribution in [0.4, 0.5) is 0 Å². The second-order valence-electron chi connectivity index (χ2n) is 7.26. The molecule has 0 atom stereocenters. The third kappa shape index (κ3) is 4.03. The zero-order valence-electron chi connectivity index (χ0n) is 15.9. The number of benzene rings is 1. The molecule has 0 radical (unpaired) electrons. The predicted molar refractivity (Wildman–Crippen MR) is 103 cm³/mol. The summed E-state index contributed by atoms with van der Waals surface area (Å²) in [5, 5.41) is 11.6. The third-order valence-corrected chi connectivity index (χ3v) is 5.41. The zero-order chi connectivity index (χ0) is 18.6. The molecule has 142 valence electrons. The van der Waals surface area contributed by atoms with Gasteiger partial charge in [-0.2, -0.15) is 10.2 Å². The van der Waals surface area contributed by atoms with Crippen LogP contribution in [0.25, 0.3) is 0 Å². The average molecular weight is 366 g/mol. The molecule has 1 aliphatic rings. The molecule has 4 rings (SSSR count). The van der Waals surface area contributed by atoms with E-state index in [9.17, 15) is 0 Å². The van der Waals surface area contributed by atoms with Gasteiger partial charge in [-0.25, -0.2) is 9.67 Å². The summed E-state index contributed by atoms with van der Waals surface area (Å²) in [6.45, 7) is 5.97. The molecule has 0 aliphatic carbocycles. The molecule has 0 unspecified atom stereocenters. The lowest BCUT2D eigenvalue weighted by Gasteiger charge is -2.32. The molecule has 1 fully saturated rings. The molecule has 3 aromatic rings. The van der Waals surface area contributed by atoms with E-state index >= 15 is 0 Å². The van der Waals surface area contributed by atoms with Crippen LogP contribution in [-0.4, -0.2) is 50.1 Å². The normalized spacial score (nSPS) is 15.9. The van der Waals surface area contributed by atoms with Crippen LogP contribution in [0.2, 0.25) is 0 Å². The standard InChI is InChI=1S/C20H26N6O/c1-15-10-22-24-20(15)17-5-7-25(8-6-17)11-16-3-4-19(27-2)18(9-16)12-26-14-21-13-23-26/h3-4,9-10,13-14,17H,5-8,11-12H2,1-2H3,(H,22,24). The SMILES string of the molecule is COc1ccc(CN2CCC(c3[nH]ncc3C)CC2)cc1Cn1cncn1. The zero-order valence-corrected chi connectivity index (χ0v) is 15.9. The number of aromatic amines is 1. The van der Waals surface area contributed by atoms with Crippen molar-refractivity contribution in [2.45, 2.75) is 38.8 Å². The Kier molecular flexibility index (Phi) is 5.20. The van der Waals surface area contributed by atoms with Crippen molar-refractivity contribution in [3.05, 3.63) is 59.4 Å². The van der Waals surface area contributed by atoms with Crippen LogP contribution in [0.1, 0.15) is 41.1 Å². The first-order valence-corrected chi connectivity index (χ1v) is 9.43. The monoisotopic (exact) mass is 366 g/mol. The quantitative estimate of drug-likeness (QED) is 0.726. The molecule has 7 heteroatoms. The first-order chi connectivity index (χ1) is 13.2. The van der Waals surface area contributed by atoms with Gasteiger partial charge in [0.1, 0.15) is 18.4 Å². The minimum Gasteiger partial charge on any atom is -0.496 e. The lowest BCUT2D eigenvalue weighted by molar-refractivity contribution is 0.203. The summed E-state index contributed by atoms with van der Waals surface area (Å²) in [7, 11) is 1.71. The Morgan fingerprint density at radius 3 is 2.74 bits per heavy atom. The second-order valence-corrected chi connectivity index (χ2v) is 7.26. The third-order valence-electron chi connectivity index (χ3n) is 5.41. The maximum absolute atomic E-state index is 5.52. The number of likely N-dealkylation sites (tertiary alicyclic amines) is 1. The van der Waals surface area contributed by atoms with Gasteiger partial charge in [0.05, 0.1) is 19.9 Å². The summed E-state index contributed by atoms with van der Waals surface area (Å²) in [6, 6.07) is 6.45. The van der Waals surface area contributed by atoms with Crippen LogP contribution in [0.3, 0.4) is 0 Å². The van der Waals surface area contributed by atoms with Crippen molar-refractivity contribution in [2.24, 2.45) is 0 Å². The number of methoxy groups -OCH3 is 1. The van der Waals surface area contributed by atoms with Crippen LogP contribution in [0, 0.1) is 6.92 Å². The largest absolute Gasteiger partial charge is 0.496 e. The number of ether oxygens (including phenoxy) is 1. The molecule has 1 N–H and O–H groups in total. The number of hydrogen-bond donors (Lipinski definition) is 1. The van der Waals surface area contributed by atoms with E-state index in [0.29, 0.717) is 12.5 Å². The summed E-state index contributed by atoms with van der Waals surface area (Å²) in [4.78, 5) is 6.55. The number of nitrogens with one attached hydrogen (secondary N) is 1. The summed E-state index contributed by atoms with van der Waals surface area (Å²) in [6.07, 6.45) is 7.56. The molecule has 0 saturated carbocycles. The van der Waals surface area contributed by atoms with Crippen molar-refractivity contribution < 1.29 is 4.74 Å². The van der Waals surface area contributed by atoms with Gasteiger partial charge in [-0.3, -0.25) is 10.00 Å². The van der Waals surface area contributed by atoms with Gasteiger partial charge in [-0.15, -0.1) is 0 Å². The molecular weight excluding hydrogens is 340 g/mol. The Labute approximate surface area is 159 Å². The minimum absolute atomic E-state index is 0.600. The molecular formula is C20H26N6O. The predicted octanol–water partition coefficient (Wildman–Crippen LogP) is 2.75. The fourth-order valence-electron chi connectivity index (χ4n) is 3.95. The number of hydrogen-bond acceptors (Lipinski definition) is 5. The van der Waals surface area contributed by atoms with Crippen LogP contribution in [-0.2, 0) is 13.1 Å². The van der Waals surface area contributed by atoms with Crippen molar-refractivity contribution in [3.8, 4) is 5.75 Å². The maximum atomic E-state index is 5.52. The highest BCUT2D eigenvalue weighted by Gasteiger charge is 2.23. The molecule has 2 aromatic heterocycles. The van der Waals surface area contributed by atoms with Crippen LogP contribution in [0.15, 0.2) is 37.1 Å². The number of nitrogens with zero attached hydrogens (tertiary/aromatic N) is 5. The molecule has 0 spiro atoms. The number of aryl methyl sites for hydroxylation is 1. The molecule has 27 heavy (non-hydrogen) atoms. The molecule has 1 aliphatic heterocycles. The highest BCUT2D eigenvalue weighted by atomic mass is 16.5. The number of rotatable bonds is 6. The lowest BCUT2D eigenvalue weighted by atomic mass is 9.91. The van der Waals surface area contributed by atoms with Crippen molar-refractivity contribution in [2.75, 3.05) is 20.2 Å². The van der Waals surface area contributed by atoms with Crippen molar-refractivity contribution in [3.63, 3.8) is 0 Å². The Morgan fingerprint density at radius 1 is 1.22 bits per heavy atom. The van der Waals surface area contributed by atoms with E-state index < -0.39 is 0 Å². The maximum Gasteiger partial charge on any atom is 0.137 e. The molecule has 1 saturated heterocycles. The van der Waals surface area contributed by atoms with E-state index in [1.165, 1.54) is 29.7 Å². The Hall–Kier alpha value is -2.67. The van der Waals surface area contributed by atoms with Crippen LogP contribution in [0.5, 0.6) is 5.75 Å². The van der Waals surface area contributed by atoms with Gasteiger partial charge in [-0.1, -0.05) is 6.07 Å². The Balaban J connectivity index is 1.40. The van der Waals surface area contributed by atoms with Gasteiger partial charge in [0.25, 0.3) is 0 Å². The highest BCUT2D eigenvalue weighted by molar-refractivity contribution is 5.37. The van der Waals surface area contributed by atoms with E-state index in [1.807, 2.05) is 10.9 Å². The van der Waals surface area contributed by atoms with E-state index in [1.54, 1.807) is 19.8 Å². The van der Waals surface area contributed by atoms with Crippen molar-refractivity contribution in [1.29, 1.82) is 0 Å². The summed E-state index contributed by atoms with van der Waals surface area (Å²) >= 11 is 0. The van der Waals surface area contributed by atoms with E-state index in [2.05, 4.69) is 50.3 Å². The Bertz CT molecular complexity index is 864.